The van der Waals surface area contributed by atoms with E-state index in [0.29, 0.717) is 24.7 Å². The van der Waals surface area contributed by atoms with Crippen molar-refractivity contribution < 1.29 is 9.53 Å². The molecule has 23 heavy (non-hydrogen) atoms. The van der Waals surface area contributed by atoms with Gasteiger partial charge in [-0.1, -0.05) is 0 Å². The zero-order valence-corrected chi connectivity index (χ0v) is 16.5. The lowest BCUT2D eigenvalue weighted by molar-refractivity contribution is 0.0955. The number of ether oxygens (including phenoxy) is 1. The van der Waals surface area contributed by atoms with Gasteiger partial charge in [0.25, 0.3) is 5.91 Å². The monoisotopic (exact) mass is 434 g/mol. The molecule has 1 aromatic rings. The third-order valence-electron chi connectivity index (χ3n) is 2.79. The van der Waals surface area contributed by atoms with Gasteiger partial charge in [0.1, 0.15) is 5.75 Å². The minimum absolute atomic E-state index is 0. The maximum Gasteiger partial charge on any atom is 0.251 e. The first-order valence-electron chi connectivity index (χ1n) is 7.54. The fraction of sp³-hybridized carbons (Fsp3) is 0.500. The lowest BCUT2D eigenvalue weighted by Crippen LogP contribution is -2.41. The van der Waals surface area contributed by atoms with E-state index in [1.54, 1.807) is 31.4 Å². The summed E-state index contributed by atoms with van der Waals surface area (Å²) in [4.78, 5) is 16.4. The predicted molar refractivity (Wildman–Crippen MR) is 105 cm³/mol. The summed E-state index contributed by atoms with van der Waals surface area (Å²) >= 11 is 0. The molecule has 1 rings (SSSR count). The molecule has 0 fully saturated rings. The molecule has 7 heteroatoms. The van der Waals surface area contributed by atoms with Crippen LogP contribution in [0.4, 0.5) is 0 Å². The van der Waals surface area contributed by atoms with Crippen molar-refractivity contribution in [3.63, 3.8) is 0 Å². The molecule has 0 aliphatic rings. The molecule has 3 N–H and O–H groups in total. The number of aliphatic imine (C=N–C) groups is 1. The molecule has 0 spiro atoms. The second-order valence-corrected chi connectivity index (χ2v) is 5.04. The Hall–Kier alpha value is -1.51. The van der Waals surface area contributed by atoms with Gasteiger partial charge in [-0.3, -0.25) is 9.79 Å². The third kappa shape index (κ3) is 8.63. The molecular weight excluding hydrogens is 407 g/mol. The first-order valence-corrected chi connectivity index (χ1v) is 7.54. The summed E-state index contributed by atoms with van der Waals surface area (Å²) in [5.41, 5.74) is 0.608. The van der Waals surface area contributed by atoms with Crippen molar-refractivity contribution >= 4 is 35.8 Å². The Kier molecular flexibility index (Phi) is 11.2. The van der Waals surface area contributed by atoms with Gasteiger partial charge in [-0.05, 0) is 45.0 Å². The molecule has 0 saturated carbocycles. The Morgan fingerprint density at radius 3 is 2.39 bits per heavy atom. The minimum atomic E-state index is -0.111. The Morgan fingerprint density at radius 1 is 1.22 bits per heavy atom. The van der Waals surface area contributed by atoms with Gasteiger partial charge in [-0.15, -0.1) is 24.0 Å². The van der Waals surface area contributed by atoms with Crippen LogP contribution in [0.3, 0.4) is 0 Å². The van der Waals surface area contributed by atoms with Gasteiger partial charge >= 0.3 is 0 Å². The summed E-state index contributed by atoms with van der Waals surface area (Å²) in [6, 6.07) is 7.32. The maximum atomic E-state index is 12.0. The van der Waals surface area contributed by atoms with Crippen molar-refractivity contribution in [2.75, 3.05) is 26.7 Å². The minimum Gasteiger partial charge on any atom is -0.497 e. The van der Waals surface area contributed by atoms with Gasteiger partial charge in [0.15, 0.2) is 5.96 Å². The molecule has 1 aromatic carbocycles. The lowest BCUT2D eigenvalue weighted by atomic mass is 10.2. The number of guanidine groups is 1. The van der Waals surface area contributed by atoms with E-state index in [-0.39, 0.29) is 29.9 Å². The van der Waals surface area contributed by atoms with Crippen LogP contribution >= 0.6 is 24.0 Å². The molecule has 0 unspecified atom stereocenters. The van der Waals surface area contributed by atoms with E-state index in [9.17, 15) is 4.79 Å². The first kappa shape index (κ1) is 21.5. The summed E-state index contributed by atoms with van der Waals surface area (Å²) in [6.45, 7) is 7.93. The number of carbonyl (C=O) groups excluding carboxylic acids is 1. The molecule has 0 bridgehead atoms. The van der Waals surface area contributed by atoms with Crippen molar-refractivity contribution in [1.29, 1.82) is 0 Å². The topological polar surface area (TPSA) is 74.8 Å². The number of amides is 1. The Labute approximate surface area is 155 Å². The van der Waals surface area contributed by atoms with Gasteiger partial charge in [0.05, 0.1) is 13.7 Å². The van der Waals surface area contributed by atoms with Crippen LogP contribution in [-0.4, -0.2) is 44.7 Å². The van der Waals surface area contributed by atoms with Gasteiger partial charge in [-0.25, -0.2) is 0 Å². The molecular formula is C16H27IN4O2. The van der Waals surface area contributed by atoms with E-state index in [0.717, 1.165) is 18.3 Å². The summed E-state index contributed by atoms with van der Waals surface area (Å²) in [5, 5.41) is 9.23. The van der Waals surface area contributed by atoms with E-state index in [2.05, 4.69) is 34.8 Å². The van der Waals surface area contributed by atoms with E-state index in [1.807, 2.05) is 6.92 Å². The number of hydrogen-bond acceptors (Lipinski definition) is 3. The molecule has 130 valence electrons. The normalized spacial score (nSPS) is 10.7. The van der Waals surface area contributed by atoms with Crippen molar-refractivity contribution in [1.82, 2.24) is 16.0 Å². The molecule has 6 nitrogen and oxygen atoms in total. The predicted octanol–water partition coefficient (Wildman–Crippen LogP) is 2.01. The van der Waals surface area contributed by atoms with Gasteiger partial charge in [-0.2, -0.15) is 0 Å². The summed E-state index contributed by atoms with van der Waals surface area (Å²) in [5.74, 6) is 1.38. The van der Waals surface area contributed by atoms with E-state index in [4.69, 9.17) is 4.74 Å². The molecule has 1 amide bonds. The molecule has 0 radical (unpaired) electrons. The average Bonchev–Trinajstić information content (AvgIpc) is 2.51. The first-order chi connectivity index (χ1) is 10.6. The number of halogens is 1. The smallest absolute Gasteiger partial charge is 0.251 e. The number of methoxy groups -OCH3 is 1. The van der Waals surface area contributed by atoms with Crippen LogP contribution in [0, 0.1) is 0 Å². The Morgan fingerprint density at radius 2 is 1.87 bits per heavy atom. The van der Waals surface area contributed by atoms with Crippen LogP contribution in [0.5, 0.6) is 5.75 Å². The second-order valence-electron chi connectivity index (χ2n) is 5.04. The van der Waals surface area contributed by atoms with Gasteiger partial charge in [0, 0.05) is 24.7 Å². The fourth-order valence-electron chi connectivity index (χ4n) is 1.78. The number of benzene rings is 1. The number of rotatable bonds is 7. The van der Waals surface area contributed by atoms with Crippen LogP contribution in [-0.2, 0) is 0 Å². The highest BCUT2D eigenvalue weighted by Crippen LogP contribution is 2.10. The van der Waals surface area contributed by atoms with Crippen molar-refractivity contribution in [3.8, 4) is 5.75 Å². The van der Waals surface area contributed by atoms with Crippen molar-refractivity contribution in [3.05, 3.63) is 29.8 Å². The number of hydrogen-bond donors (Lipinski definition) is 3. The highest BCUT2D eigenvalue weighted by atomic mass is 127. The van der Waals surface area contributed by atoms with Crippen LogP contribution in [0.25, 0.3) is 0 Å². The molecule has 0 aliphatic carbocycles. The van der Waals surface area contributed by atoms with Crippen molar-refractivity contribution in [2.24, 2.45) is 4.99 Å². The lowest BCUT2D eigenvalue weighted by Gasteiger charge is -2.14. The molecule has 0 saturated heterocycles. The number of nitrogens with zero attached hydrogens (tertiary/aromatic N) is 1. The third-order valence-corrected chi connectivity index (χ3v) is 2.79. The SMILES string of the molecule is CCNC(=NCCNC(=O)c1ccc(OC)cc1)NC(C)C.I. The average molecular weight is 434 g/mol. The standard InChI is InChI=1S/C16H26N4O2.HI/c1-5-17-16(20-12(2)3)19-11-10-18-15(21)13-6-8-14(22-4)9-7-13;/h6-9,12H,5,10-11H2,1-4H3,(H,18,21)(H2,17,19,20);1H. The van der Waals surface area contributed by atoms with E-state index in [1.165, 1.54) is 0 Å². The van der Waals surface area contributed by atoms with Gasteiger partial charge in [0.2, 0.25) is 0 Å². The fourth-order valence-corrected chi connectivity index (χ4v) is 1.78. The summed E-state index contributed by atoms with van der Waals surface area (Å²) < 4.78 is 5.07. The highest BCUT2D eigenvalue weighted by Gasteiger charge is 2.04. The van der Waals surface area contributed by atoms with E-state index < -0.39 is 0 Å². The molecule has 0 atom stereocenters. The Bertz CT molecular complexity index is 489. The highest BCUT2D eigenvalue weighted by molar-refractivity contribution is 14.0. The summed E-state index contributed by atoms with van der Waals surface area (Å²) in [7, 11) is 1.60. The number of nitrogens with one attached hydrogen (secondary N) is 3. The molecule has 0 aromatic heterocycles. The molecule has 0 heterocycles. The zero-order chi connectivity index (χ0) is 16.4. The van der Waals surface area contributed by atoms with Crippen molar-refractivity contribution in [2.45, 2.75) is 26.8 Å². The molecule has 0 aliphatic heterocycles. The van der Waals surface area contributed by atoms with Crippen LogP contribution in [0.2, 0.25) is 0 Å². The Balaban J connectivity index is 0.00000484. The number of carbonyl (C=O) groups is 1. The summed E-state index contributed by atoms with van der Waals surface area (Å²) in [6.07, 6.45) is 0. The maximum absolute atomic E-state index is 12.0. The largest absolute Gasteiger partial charge is 0.497 e. The zero-order valence-electron chi connectivity index (χ0n) is 14.2. The van der Waals surface area contributed by atoms with Crippen LogP contribution in [0.1, 0.15) is 31.1 Å². The van der Waals surface area contributed by atoms with Crippen LogP contribution in [0.15, 0.2) is 29.3 Å². The second kappa shape index (κ2) is 12.0. The van der Waals surface area contributed by atoms with E-state index >= 15 is 0 Å². The quantitative estimate of drug-likeness (QED) is 0.266. The van der Waals surface area contributed by atoms with Crippen LogP contribution < -0.4 is 20.7 Å². The van der Waals surface area contributed by atoms with Gasteiger partial charge < -0.3 is 20.7 Å².